The van der Waals surface area contributed by atoms with Gasteiger partial charge in [0.05, 0.1) is 0 Å². The molecule has 1 saturated heterocycles. The second kappa shape index (κ2) is 5.05. The first kappa shape index (κ1) is 12.4. The van der Waals surface area contributed by atoms with E-state index in [4.69, 9.17) is 0 Å². The van der Waals surface area contributed by atoms with Crippen LogP contribution in [0.3, 0.4) is 0 Å². The Morgan fingerprint density at radius 1 is 1.31 bits per heavy atom. The van der Waals surface area contributed by atoms with Crippen LogP contribution in [0.1, 0.15) is 52.9 Å². The Bertz CT molecular complexity index is 219. The lowest BCUT2D eigenvalue weighted by Crippen LogP contribution is -2.40. The smallest absolute Gasteiger partial charge is 0.0192 e. The normalized spacial score (nSPS) is 27.2. The molecule has 0 aromatic rings. The Labute approximate surface area is 101 Å². The largest absolute Gasteiger partial charge is 0.312 e. The molecule has 1 N–H and O–H groups in total. The van der Waals surface area contributed by atoms with E-state index in [1.165, 1.54) is 51.7 Å². The number of nitrogens with zero attached hydrogens (tertiary/aromatic N) is 1. The average Bonchev–Trinajstić information content (AvgIpc) is 3.04. The fourth-order valence-electron chi connectivity index (χ4n) is 2.93. The van der Waals surface area contributed by atoms with E-state index in [2.05, 4.69) is 31.0 Å². The summed E-state index contributed by atoms with van der Waals surface area (Å²) in [5, 5.41) is 3.65. The molecular weight excluding hydrogens is 196 g/mol. The van der Waals surface area contributed by atoms with Crippen LogP contribution in [0.2, 0.25) is 0 Å². The second-order valence-corrected chi connectivity index (χ2v) is 5.96. The van der Waals surface area contributed by atoms with E-state index < -0.39 is 0 Å². The van der Waals surface area contributed by atoms with Crippen LogP contribution in [0.5, 0.6) is 0 Å². The molecule has 0 bridgehead atoms. The fourth-order valence-corrected chi connectivity index (χ4v) is 2.93. The predicted molar refractivity (Wildman–Crippen MR) is 69.7 cm³/mol. The standard InChI is InChI=1S/C14H28N2/c1-4-14(5-2)8-9-16(11-14)12(3)10-15-13-6-7-13/h12-13,15H,4-11H2,1-3H3. The monoisotopic (exact) mass is 224 g/mol. The molecule has 0 radical (unpaired) electrons. The van der Waals surface area contributed by atoms with Crippen molar-refractivity contribution in [3.63, 3.8) is 0 Å². The molecule has 2 aliphatic rings. The van der Waals surface area contributed by atoms with E-state index in [1.54, 1.807) is 0 Å². The summed E-state index contributed by atoms with van der Waals surface area (Å²) in [4.78, 5) is 2.70. The molecule has 1 heterocycles. The third-order valence-corrected chi connectivity index (χ3v) is 4.87. The minimum atomic E-state index is 0.633. The van der Waals surface area contributed by atoms with Gasteiger partial charge in [0.2, 0.25) is 0 Å². The van der Waals surface area contributed by atoms with Crippen LogP contribution >= 0.6 is 0 Å². The number of rotatable bonds is 6. The van der Waals surface area contributed by atoms with E-state index >= 15 is 0 Å². The summed E-state index contributed by atoms with van der Waals surface area (Å²) in [6.07, 6.45) is 6.92. The third kappa shape index (κ3) is 2.78. The van der Waals surface area contributed by atoms with Gasteiger partial charge in [0, 0.05) is 25.2 Å². The highest BCUT2D eigenvalue weighted by atomic mass is 15.2. The molecule has 2 fully saturated rings. The first-order valence-corrected chi connectivity index (χ1v) is 7.16. The highest BCUT2D eigenvalue weighted by Crippen LogP contribution is 2.37. The van der Waals surface area contributed by atoms with E-state index in [0.29, 0.717) is 5.41 Å². The van der Waals surface area contributed by atoms with Crippen molar-refractivity contribution in [3.05, 3.63) is 0 Å². The molecule has 0 amide bonds. The summed E-state index contributed by atoms with van der Waals surface area (Å²) in [6, 6.07) is 1.58. The van der Waals surface area contributed by atoms with E-state index in [9.17, 15) is 0 Å². The van der Waals surface area contributed by atoms with Gasteiger partial charge in [0.25, 0.3) is 0 Å². The van der Waals surface area contributed by atoms with Gasteiger partial charge in [-0.2, -0.15) is 0 Å². The summed E-state index contributed by atoms with van der Waals surface area (Å²) in [7, 11) is 0. The SMILES string of the molecule is CCC1(CC)CCN(C(C)CNC2CC2)C1. The van der Waals surface area contributed by atoms with Gasteiger partial charge in [-0.15, -0.1) is 0 Å². The van der Waals surface area contributed by atoms with Crippen molar-refractivity contribution in [2.24, 2.45) is 5.41 Å². The van der Waals surface area contributed by atoms with Crippen molar-refractivity contribution in [1.82, 2.24) is 10.2 Å². The van der Waals surface area contributed by atoms with E-state index in [1.807, 2.05) is 0 Å². The number of hydrogen-bond acceptors (Lipinski definition) is 2. The Kier molecular flexibility index (Phi) is 3.91. The van der Waals surface area contributed by atoms with Crippen molar-refractivity contribution < 1.29 is 0 Å². The number of hydrogen-bond donors (Lipinski definition) is 1. The van der Waals surface area contributed by atoms with Gasteiger partial charge in [-0.05, 0) is 51.0 Å². The predicted octanol–water partition coefficient (Wildman–Crippen LogP) is 2.64. The lowest BCUT2D eigenvalue weighted by atomic mass is 9.82. The van der Waals surface area contributed by atoms with Crippen LogP contribution < -0.4 is 5.32 Å². The number of nitrogens with one attached hydrogen (secondary N) is 1. The number of likely N-dealkylation sites (tertiary alicyclic amines) is 1. The van der Waals surface area contributed by atoms with Crippen molar-refractivity contribution >= 4 is 0 Å². The van der Waals surface area contributed by atoms with Crippen LogP contribution in [0.4, 0.5) is 0 Å². The Morgan fingerprint density at radius 2 is 2.00 bits per heavy atom. The minimum absolute atomic E-state index is 0.633. The quantitative estimate of drug-likeness (QED) is 0.746. The minimum Gasteiger partial charge on any atom is -0.312 e. The zero-order valence-corrected chi connectivity index (χ0v) is 11.3. The third-order valence-electron chi connectivity index (χ3n) is 4.87. The van der Waals surface area contributed by atoms with Gasteiger partial charge in [0.1, 0.15) is 0 Å². The summed E-state index contributed by atoms with van der Waals surface area (Å²) < 4.78 is 0. The summed E-state index contributed by atoms with van der Waals surface area (Å²) in [6.45, 7) is 10.9. The van der Waals surface area contributed by atoms with Gasteiger partial charge < -0.3 is 5.32 Å². The first-order valence-electron chi connectivity index (χ1n) is 7.16. The summed E-state index contributed by atoms with van der Waals surface area (Å²) >= 11 is 0. The Hall–Kier alpha value is -0.0800. The lowest BCUT2D eigenvalue weighted by Gasteiger charge is -2.29. The zero-order valence-electron chi connectivity index (χ0n) is 11.3. The van der Waals surface area contributed by atoms with Gasteiger partial charge in [-0.3, -0.25) is 4.90 Å². The van der Waals surface area contributed by atoms with Crippen molar-refractivity contribution in [2.75, 3.05) is 19.6 Å². The molecule has 2 heteroatoms. The van der Waals surface area contributed by atoms with Crippen LogP contribution in [0.15, 0.2) is 0 Å². The first-order chi connectivity index (χ1) is 7.69. The molecule has 94 valence electrons. The molecule has 2 rings (SSSR count). The topological polar surface area (TPSA) is 15.3 Å². The van der Waals surface area contributed by atoms with Crippen LogP contribution in [0.25, 0.3) is 0 Å². The molecule has 1 aliphatic heterocycles. The lowest BCUT2D eigenvalue weighted by molar-refractivity contribution is 0.199. The van der Waals surface area contributed by atoms with Gasteiger partial charge in [0.15, 0.2) is 0 Å². The second-order valence-electron chi connectivity index (χ2n) is 5.96. The zero-order chi connectivity index (χ0) is 11.6. The van der Waals surface area contributed by atoms with Crippen molar-refractivity contribution in [3.8, 4) is 0 Å². The van der Waals surface area contributed by atoms with Crippen molar-refractivity contribution in [2.45, 2.75) is 65.0 Å². The maximum absolute atomic E-state index is 3.65. The molecule has 1 unspecified atom stereocenters. The summed E-state index contributed by atoms with van der Waals surface area (Å²) in [5.41, 5.74) is 0.633. The molecule has 1 saturated carbocycles. The van der Waals surface area contributed by atoms with Crippen LogP contribution in [-0.2, 0) is 0 Å². The molecule has 0 aromatic heterocycles. The molecule has 0 aromatic carbocycles. The van der Waals surface area contributed by atoms with Crippen LogP contribution in [-0.4, -0.2) is 36.6 Å². The Balaban J connectivity index is 1.77. The van der Waals surface area contributed by atoms with E-state index in [-0.39, 0.29) is 0 Å². The molecular formula is C14H28N2. The average molecular weight is 224 g/mol. The maximum Gasteiger partial charge on any atom is 0.0192 e. The Morgan fingerprint density at radius 3 is 2.50 bits per heavy atom. The highest BCUT2D eigenvalue weighted by molar-refractivity contribution is 4.91. The van der Waals surface area contributed by atoms with Gasteiger partial charge >= 0.3 is 0 Å². The van der Waals surface area contributed by atoms with E-state index in [0.717, 1.165) is 12.1 Å². The van der Waals surface area contributed by atoms with Gasteiger partial charge in [-0.25, -0.2) is 0 Å². The van der Waals surface area contributed by atoms with Gasteiger partial charge in [-0.1, -0.05) is 13.8 Å². The summed E-state index contributed by atoms with van der Waals surface area (Å²) in [5.74, 6) is 0. The maximum atomic E-state index is 3.65. The fraction of sp³-hybridized carbons (Fsp3) is 1.00. The molecule has 1 aliphatic carbocycles. The molecule has 16 heavy (non-hydrogen) atoms. The molecule has 1 atom stereocenters. The van der Waals surface area contributed by atoms with Crippen molar-refractivity contribution in [1.29, 1.82) is 0 Å². The molecule has 2 nitrogen and oxygen atoms in total. The highest BCUT2D eigenvalue weighted by Gasteiger charge is 2.36. The molecule has 0 spiro atoms. The van der Waals surface area contributed by atoms with Crippen LogP contribution in [0, 0.1) is 5.41 Å².